The third-order valence-electron chi connectivity index (χ3n) is 5.25. The van der Waals surface area contributed by atoms with Crippen LogP contribution in [0.4, 0.5) is 0 Å². The number of ether oxygens (including phenoxy) is 1. The summed E-state index contributed by atoms with van der Waals surface area (Å²) in [5.41, 5.74) is 1.08. The largest absolute Gasteiger partial charge is 0.481 e. The predicted octanol–water partition coefficient (Wildman–Crippen LogP) is 4.83. The van der Waals surface area contributed by atoms with Crippen LogP contribution in [0.25, 0.3) is 0 Å². The van der Waals surface area contributed by atoms with Gasteiger partial charge in [-0.25, -0.2) is 4.79 Å². The van der Waals surface area contributed by atoms with Crippen LogP contribution in [0.5, 0.6) is 0 Å². The van der Waals surface area contributed by atoms with Crippen molar-refractivity contribution >= 4 is 20.3 Å². The monoisotopic (exact) mass is 406 g/mol. The lowest BCUT2D eigenvalue weighted by atomic mass is 9.94. The van der Waals surface area contributed by atoms with Crippen LogP contribution in [0, 0.1) is 5.92 Å². The minimum absolute atomic E-state index is 0.0779. The topological polar surface area (TPSA) is 72.8 Å². The van der Waals surface area contributed by atoms with Gasteiger partial charge in [0.25, 0.3) is 0 Å². The first-order valence-corrected chi connectivity index (χ1v) is 12.7. The summed E-state index contributed by atoms with van der Waals surface area (Å²) in [6, 6.07) is 9.78. The molecular formula is C22H34O5Si. The zero-order valence-electron chi connectivity index (χ0n) is 17.9. The summed E-state index contributed by atoms with van der Waals surface area (Å²) in [5.74, 6) is -2.16. The zero-order chi connectivity index (χ0) is 21.4. The van der Waals surface area contributed by atoms with E-state index in [1.807, 2.05) is 30.3 Å². The highest BCUT2D eigenvalue weighted by Gasteiger charge is 2.41. The maximum absolute atomic E-state index is 12.1. The Bertz CT molecular complexity index is 661. The fourth-order valence-corrected chi connectivity index (χ4v) is 3.81. The highest BCUT2D eigenvalue weighted by Crippen LogP contribution is 2.38. The molecule has 1 aromatic carbocycles. The summed E-state index contributed by atoms with van der Waals surface area (Å²) in [6.45, 7) is 12.5. The molecule has 28 heavy (non-hydrogen) atoms. The molecule has 0 aromatic heterocycles. The summed E-state index contributed by atoms with van der Waals surface area (Å²) < 4.78 is 11.3. The minimum Gasteiger partial charge on any atom is -0.481 e. The van der Waals surface area contributed by atoms with Crippen LogP contribution in [0.1, 0.15) is 39.7 Å². The van der Waals surface area contributed by atoms with Crippen LogP contribution >= 0.6 is 0 Å². The highest BCUT2D eigenvalue weighted by atomic mass is 28.4. The summed E-state index contributed by atoms with van der Waals surface area (Å²) >= 11 is 0. The van der Waals surface area contributed by atoms with Crippen molar-refractivity contribution in [2.75, 3.05) is 6.61 Å². The molecule has 0 saturated heterocycles. The molecule has 0 aliphatic carbocycles. The molecular weight excluding hydrogens is 372 g/mol. The van der Waals surface area contributed by atoms with E-state index in [4.69, 9.17) is 9.16 Å². The molecule has 0 aliphatic heterocycles. The zero-order valence-corrected chi connectivity index (χ0v) is 18.9. The summed E-state index contributed by atoms with van der Waals surface area (Å²) in [6.07, 6.45) is 3.21. The normalized spacial score (nSPS) is 14.6. The molecule has 0 amide bonds. The van der Waals surface area contributed by atoms with Crippen molar-refractivity contribution in [3.8, 4) is 0 Å². The van der Waals surface area contributed by atoms with E-state index in [1.54, 1.807) is 13.0 Å². The number of aliphatic carboxylic acids is 1. The van der Waals surface area contributed by atoms with E-state index < -0.39 is 32.3 Å². The quantitative estimate of drug-likeness (QED) is 0.342. The fraction of sp³-hybridized carbons (Fsp3) is 0.545. The second-order valence-corrected chi connectivity index (χ2v) is 13.2. The molecule has 1 aromatic rings. The third kappa shape index (κ3) is 7.60. The van der Waals surface area contributed by atoms with E-state index >= 15 is 0 Å². The van der Waals surface area contributed by atoms with Crippen LogP contribution in [0.15, 0.2) is 42.5 Å². The van der Waals surface area contributed by atoms with Crippen molar-refractivity contribution in [2.45, 2.75) is 64.8 Å². The minimum atomic E-state index is -2.24. The molecule has 0 heterocycles. The van der Waals surface area contributed by atoms with Gasteiger partial charge in [0.15, 0.2) is 8.32 Å². The first-order valence-electron chi connectivity index (χ1n) is 9.77. The van der Waals surface area contributed by atoms with Gasteiger partial charge in [-0.15, -0.1) is 0 Å². The number of carboxylic acids is 1. The first-order chi connectivity index (χ1) is 13.0. The molecule has 0 spiro atoms. The Kier molecular flexibility index (Phi) is 9.11. The standard InChI is InChI=1S/C22H34O5Si/c1-7-26-20(23)16-15-19(27-28(5,6)22(2,3)4)18(21(24)25)14-13-17-11-9-8-10-12-17/h8-12,15-16,18-19H,7,13-14H2,1-6H3,(H,24,25)/b16-15+/t18-,19+/m0/s1. The summed E-state index contributed by atoms with van der Waals surface area (Å²) in [5, 5.41) is 9.80. The second-order valence-electron chi connectivity index (χ2n) is 8.42. The molecule has 0 fully saturated rings. The number of benzene rings is 1. The Labute approximate surface area is 169 Å². The number of carbonyl (C=O) groups excluding carboxylic acids is 1. The number of rotatable bonds is 10. The molecule has 0 saturated carbocycles. The van der Waals surface area contributed by atoms with Gasteiger partial charge in [0, 0.05) is 6.08 Å². The molecule has 1 rings (SSSR count). The lowest BCUT2D eigenvalue weighted by Crippen LogP contribution is -2.46. The Morgan fingerprint density at radius 2 is 1.79 bits per heavy atom. The van der Waals surface area contributed by atoms with Crippen LogP contribution in [-0.4, -0.2) is 38.1 Å². The van der Waals surface area contributed by atoms with Gasteiger partial charge in [-0.05, 0) is 49.5 Å². The lowest BCUT2D eigenvalue weighted by molar-refractivity contribution is -0.145. The highest BCUT2D eigenvalue weighted by molar-refractivity contribution is 6.74. The van der Waals surface area contributed by atoms with E-state index in [0.717, 1.165) is 5.56 Å². The number of aryl methyl sites for hydroxylation is 1. The average molecular weight is 407 g/mol. The van der Waals surface area contributed by atoms with Crippen LogP contribution in [0.2, 0.25) is 18.1 Å². The van der Waals surface area contributed by atoms with Crippen molar-refractivity contribution in [3.05, 3.63) is 48.0 Å². The Morgan fingerprint density at radius 1 is 1.18 bits per heavy atom. The number of hydrogen-bond donors (Lipinski definition) is 1. The number of hydrogen-bond acceptors (Lipinski definition) is 4. The van der Waals surface area contributed by atoms with Crippen LogP contribution in [0.3, 0.4) is 0 Å². The van der Waals surface area contributed by atoms with Crippen molar-refractivity contribution in [2.24, 2.45) is 5.92 Å². The molecule has 156 valence electrons. The SMILES string of the molecule is CCOC(=O)/C=C/[C@@H](O[Si](C)(C)C(C)(C)C)[C@H](CCc1ccccc1)C(=O)O. The summed E-state index contributed by atoms with van der Waals surface area (Å²) in [4.78, 5) is 23.8. The fourth-order valence-electron chi connectivity index (χ4n) is 2.53. The van der Waals surface area contributed by atoms with Crippen molar-refractivity contribution in [1.29, 1.82) is 0 Å². The van der Waals surface area contributed by atoms with E-state index in [9.17, 15) is 14.7 Å². The lowest BCUT2D eigenvalue weighted by Gasteiger charge is -2.40. The molecule has 6 heteroatoms. The van der Waals surface area contributed by atoms with Gasteiger partial charge in [-0.2, -0.15) is 0 Å². The van der Waals surface area contributed by atoms with E-state index in [-0.39, 0.29) is 11.6 Å². The van der Waals surface area contributed by atoms with Crippen LogP contribution in [-0.2, 0) is 25.2 Å². The molecule has 0 aliphatic rings. The molecule has 2 atom stereocenters. The van der Waals surface area contributed by atoms with E-state index in [1.165, 1.54) is 6.08 Å². The smallest absolute Gasteiger partial charge is 0.330 e. The number of esters is 1. The summed E-state index contributed by atoms with van der Waals surface area (Å²) in [7, 11) is -2.24. The Morgan fingerprint density at radius 3 is 2.29 bits per heavy atom. The second kappa shape index (κ2) is 10.6. The molecule has 5 nitrogen and oxygen atoms in total. The molecule has 0 unspecified atom stereocenters. The number of carboxylic acid groups (broad SMARTS) is 1. The van der Waals surface area contributed by atoms with Crippen LogP contribution < -0.4 is 0 Å². The van der Waals surface area contributed by atoms with Gasteiger partial charge >= 0.3 is 11.9 Å². The number of carbonyl (C=O) groups is 2. The van der Waals surface area contributed by atoms with E-state index in [2.05, 4.69) is 33.9 Å². The van der Waals surface area contributed by atoms with E-state index in [0.29, 0.717) is 12.8 Å². The molecule has 1 N–H and O–H groups in total. The molecule has 0 radical (unpaired) electrons. The Hall–Kier alpha value is -1.92. The van der Waals surface area contributed by atoms with Gasteiger partial charge in [0.1, 0.15) is 0 Å². The third-order valence-corrected chi connectivity index (χ3v) is 9.72. The van der Waals surface area contributed by atoms with Crippen molar-refractivity contribution in [3.63, 3.8) is 0 Å². The maximum Gasteiger partial charge on any atom is 0.330 e. The van der Waals surface area contributed by atoms with Gasteiger partial charge in [0.2, 0.25) is 0 Å². The van der Waals surface area contributed by atoms with Crippen molar-refractivity contribution < 1.29 is 23.9 Å². The average Bonchev–Trinajstić information content (AvgIpc) is 2.59. The van der Waals surface area contributed by atoms with Gasteiger partial charge in [0.05, 0.1) is 18.6 Å². The van der Waals surface area contributed by atoms with Gasteiger partial charge < -0.3 is 14.3 Å². The first kappa shape index (κ1) is 24.1. The van der Waals surface area contributed by atoms with Gasteiger partial charge in [-0.3, -0.25) is 4.79 Å². The predicted molar refractivity (Wildman–Crippen MR) is 114 cm³/mol. The van der Waals surface area contributed by atoms with Crippen molar-refractivity contribution in [1.82, 2.24) is 0 Å². The molecule has 0 bridgehead atoms. The maximum atomic E-state index is 12.1. The Balaban J connectivity index is 3.08. The van der Waals surface area contributed by atoms with Gasteiger partial charge in [-0.1, -0.05) is 51.1 Å².